The first-order valence-electron chi connectivity index (χ1n) is 9.22. The minimum absolute atomic E-state index is 0.407. The van der Waals surface area contributed by atoms with Crippen LogP contribution < -0.4 is 19.7 Å². The van der Waals surface area contributed by atoms with Crippen molar-refractivity contribution in [1.29, 1.82) is 0 Å². The maximum atomic E-state index is 5.36. The van der Waals surface area contributed by atoms with Gasteiger partial charge in [0.25, 0.3) is 0 Å². The lowest BCUT2D eigenvalue weighted by atomic mass is 10.0. The van der Waals surface area contributed by atoms with Crippen LogP contribution in [0.1, 0.15) is 18.5 Å². The quantitative estimate of drug-likeness (QED) is 0.747. The van der Waals surface area contributed by atoms with Crippen molar-refractivity contribution < 1.29 is 9.47 Å². The van der Waals surface area contributed by atoms with Crippen molar-refractivity contribution in [3.05, 3.63) is 42.4 Å². The topological polar surface area (TPSA) is 63.9 Å². The molecular weight excluding hydrogens is 342 g/mol. The van der Waals surface area contributed by atoms with Crippen LogP contribution in [0.4, 0.5) is 11.5 Å². The van der Waals surface area contributed by atoms with Crippen molar-refractivity contribution in [3.63, 3.8) is 0 Å². The minimum Gasteiger partial charge on any atom is -0.497 e. The zero-order valence-electron chi connectivity index (χ0n) is 16.0. The van der Waals surface area contributed by atoms with E-state index in [2.05, 4.69) is 26.4 Å². The Kier molecular flexibility index (Phi) is 4.75. The van der Waals surface area contributed by atoms with Gasteiger partial charge in [0.05, 0.1) is 19.9 Å². The largest absolute Gasteiger partial charge is 0.497 e. The number of aryl methyl sites for hydroxylation is 1. The number of rotatable bonds is 5. The number of nitrogens with zero attached hydrogens (tertiary/aromatic N) is 4. The molecule has 7 heteroatoms. The lowest BCUT2D eigenvalue weighted by molar-refractivity contribution is 0.394. The lowest BCUT2D eigenvalue weighted by Crippen LogP contribution is -2.39. The Morgan fingerprint density at radius 1 is 1.04 bits per heavy atom. The van der Waals surface area contributed by atoms with Crippen molar-refractivity contribution in [2.75, 3.05) is 37.5 Å². The molecule has 0 bridgehead atoms. The average Bonchev–Trinajstić information content (AvgIpc) is 3.08. The number of benzene rings is 1. The Morgan fingerprint density at radius 3 is 2.41 bits per heavy atom. The summed E-state index contributed by atoms with van der Waals surface area (Å²) in [7, 11) is 3.34. The molecule has 2 aromatic heterocycles. The molecule has 3 heterocycles. The van der Waals surface area contributed by atoms with Crippen LogP contribution in [0.25, 0.3) is 5.52 Å². The number of hydrogen-bond acceptors (Lipinski definition) is 6. The third-order valence-electron chi connectivity index (χ3n) is 5.01. The zero-order chi connectivity index (χ0) is 18.8. The fourth-order valence-electron chi connectivity index (χ4n) is 3.64. The molecule has 0 atom stereocenters. The predicted molar refractivity (Wildman–Crippen MR) is 106 cm³/mol. The first-order valence-corrected chi connectivity index (χ1v) is 9.22. The molecule has 3 aromatic rings. The number of anilines is 2. The molecule has 142 valence electrons. The first-order chi connectivity index (χ1) is 13.2. The molecule has 4 rings (SSSR count). The van der Waals surface area contributed by atoms with Gasteiger partial charge in [-0.25, -0.2) is 9.50 Å². The third-order valence-corrected chi connectivity index (χ3v) is 5.01. The number of hydrogen-bond donors (Lipinski definition) is 1. The van der Waals surface area contributed by atoms with Crippen LogP contribution in [0, 0.1) is 6.92 Å². The minimum atomic E-state index is 0.407. The number of nitrogens with one attached hydrogen (secondary N) is 1. The molecule has 0 unspecified atom stereocenters. The van der Waals surface area contributed by atoms with Crippen LogP contribution in [0.3, 0.4) is 0 Å². The standard InChI is InChI=1S/C20H25N5O2/c1-14-10-19-20(21-6-9-25(19)23-14)24-7-4-15(5-8-24)22-16-11-17(26-2)13-18(12-16)27-3/h6,9-13,15,22H,4-5,7-8H2,1-3H3. The molecule has 0 saturated carbocycles. The van der Waals surface area contributed by atoms with Crippen molar-refractivity contribution in [2.45, 2.75) is 25.8 Å². The van der Waals surface area contributed by atoms with Crippen LogP contribution >= 0.6 is 0 Å². The van der Waals surface area contributed by atoms with E-state index in [4.69, 9.17) is 9.47 Å². The molecule has 0 aliphatic carbocycles. The fraction of sp³-hybridized carbons (Fsp3) is 0.400. The van der Waals surface area contributed by atoms with E-state index < -0.39 is 0 Å². The van der Waals surface area contributed by atoms with E-state index in [0.717, 1.165) is 60.1 Å². The summed E-state index contributed by atoms with van der Waals surface area (Å²) < 4.78 is 12.6. The van der Waals surface area contributed by atoms with E-state index in [1.54, 1.807) is 14.2 Å². The van der Waals surface area contributed by atoms with Crippen LogP contribution in [-0.2, 0) is 0 Å². The molecule has 1 aromatic carbocycles. The average molecular weight is 367 g/mol. The number of aromatic nitrogens is 3. The summed E-state index contributed by atoms with van der Waals surface area (Å²) in [4.78, 5) is 6.96. The number of fused-ring (bicyclic) bond motifs is 1. The second-order valence-electron chi connectivity index (χ2n) is 6.87. The van der Waals surface area contributed by atoms with E-state index >= 15 is 0 Å². The van der Waals surface area contributed by atoms with E-state index in [1.165, 1.54) is 0 Å². The molecule has 0 spiro atoms. The lowest BCUT2D eigenvalue weighted by Gasteiger charge is -2.33. The van der Waals surface area contributed by atoms with Gasteiger partial charge in [-0.05, 0) is 25.8 Å². The molecule has 1 aliphatic rings. The highest BCUT2D eigenvalue weighted by atomic mass is 16.5. The molecule has 0 amide bonds. The Hall–Kier alpha value is -2.96. The molecule has 1 N–H and O–H groups in total. The van der Waals surface area contributed by atoms with Gasteiger partial charge in [0.1, 0.15) is 17.0 Å². The van der Waals surface area contributed by atoms with Gasteiger partial charge in [-0.3, -0.25) is 0 Å². The van der Waals surface area contributed by atoms with Gasteiger partial charge in [0, 0.05) is 55.4 Å². The second kappa shape index (κ2) is 7.34. The van der Waals surface area contributed by atoms with Gasteiger partial charge >= 0.3 is 0 Å². The maximum absolute atomic E-state index is 5.36. The van der Waals surface area contributed by atoms with Crippen LogP contribution in [0.5, 0.6) is 11.5 Å². The molecular formula is C20H25N5O2. The van der Waals surface area contributed by atoms with Crippen LogP contribution in [0.2, 0.25) is 0 Å². The third kappa shape index (κ3) is 3.63. The highest BCUT2D eigenvalue weighted by Crippen LogP contribution is 2.28. The van der Waals surface area contributed by atoms with Crippen molar-refractivity contribution in [3.8, 4) is 11.5 Å². The summed E-state index contributed by atoms with van der Waals surface area (Å²) in [5.41, 5.74) is 3.10. The van der Waals surface area contributed by atoms with Gasteiger partial charge in [0.15, 0.2) is 5.82 Å². The molecule has 27 heavy (non-hydrogen) atoms. The van der Waals surface area contributed by atoms with Crippen molar-refractivity contribution in [2.24, 2.45) is 0 Å². The Morgan fingerprint density at radius 2 is 1.74 bits per heavy atom. The SMILES string of the molecule is COc1cc(NC2CCN(c3nccn4nc(C)cc34)CC2)cc(OC)c1. The Bertz CT molecular complexity index is 909. The van der Waals surface area contributed by atoms with Gasteiger partial charge in [0.2, 0.25) is 0 Å². The highest BCUT2D eigenvalue weighted by Gasteiger charge is 2.22. The van der Waals surface area contributed by atoms with Gasteiger partial charge in [-0.1, -0.05) is 0 Å². The van der Waals surface area contributed by atoms with Gasteiger partial charge in [-0.2, -0.15) is 5.10 Å². The highest BCUT2D eigenvalue weighted by molar-refractivity contribution is 5.69. The molecule has 0 radical (unpaired) electrons. The zero-order valence-corrected chi connectivity index (χ0v) is 16.0. The normalized spacial score (nSPS) is 15.1. The smallest absolute Gasteiger partial charge is 0.154 e. The van der Waals surface area contributed by atoms with Crippen molar-refractivity contribution >= 4 is 17.0 Å². The van der Waals surface area contributed by atoms with E-state index in [1.807, 2.05) is 42.0 Å². The second-order valence-corrected chi connectivity index (χ2v) is 6.87. The number of piperidine rings is 1. The molecule has 1 saturated heterocycles. The fourth-order valence-corrected chi connectivity index (χ4v) is 3.64. The molecule has 7 nitrogen and oxygen atoms in total. The monoisotopic (exact) mass is 367 g/mol. The van der Waals surface area contributed by atoms with Crippen LogP contribution in [-0.4, -0.2) is 47.9 Å². The summed E-state index contributed by atoms with van der Waals surface area (Å²) in [6, 6.07) is 8.39. The Labute approximate surface area is 158 Å². The maximum Gasteiger partial charge on any atom is 0.154 e. The summed E-state index contributed by atoms with van der Waals surface area (Å²) >= 11 is 0. The molecule has 1 fully saturated rings. The van der Waals surface area contributed by atoms with Gasteiger partial charge in [-0.15, -0.1) is 0 Å². The summed E-state index contributed by atoms with van der Waals surface area (Å²) in [5.74, 6) is 2.60. The van der Waals surface area contributed by atoms with Gasteiger partial charge < -0.3 is 19.7 Å². The van der Waals surface area contributed by atoms with Crippen LogP contribution in [0.15, 0.2) is 36.7 Å². The Balaban J connectivity index is 1.45. The summed E-state index contributed by atoms with van der Waals surface area (Å²) in [6.07, 6.45) is 5.79. The predicted octanol–water partition coefficient (Wildman–Crippen LogP) is 3.14. The first kappa shape index (κ1) is 17.5. The van der Waals surface area contributed by atoms with E-state index in [0.29, 0.717) is 6.04 Å². The van der Waals surface area contributed by atoms with Crippen molar-refractivity contribution in [1.82, 2.24) is 14.6 Å². The number of methoxy groups -OCH3 is 2. The molecule has 1 aliphatic heterocycles. The summed E-state index contributed by atoms with van der Waals surface area (Å²) in [5, 5.41) is 8.10. The van der Waals surface area contributed by atoms with E-state index in [-0.39, 0.29) is 0 Å². The summed E-state index contributed by atoms with van der Waals surface area (Å²) in [6.45, 7) is 3.92. The van der Waals surface area contributed by atoms with E-state index in [9.17, 15) is 0 Å². The number of ether oxygens (including phenoxy) is 2.